The third kappa shape index (κ3) is 2.88. The lowest BCUT2D eigenvalue weighted by Crippen LogP contribution is -2.47. The van der Waals surface area contributed by atoms with Gasteiger partial charge in [-0.2, -0.15) is 0 Å². The van der Waals surface area contributed by atoms with Gasteiger partial charge in [-0.25, -0.2) is 9.18 Å². The van der Waals surface area contributed by atoms with Gasteiger partial charge in [0.15, 0.2) is 0 Å². The lowest BCUT2D eigenvalue weighted by atomic mass is 10.1. The van der Waals surface area contributed by atoms with Crippen LogP contribution in [0.1, 0.15) is 10.4 Å². The molecule has 0 fully saturated rings. The number of hydrogen-bond donors (Lipinski definition) is 0. The molecule has 118 valence electrons. The Morgan fingerprint density at radius 1 is 1.17 bits per heavy atom. The first-order valence-electron chi connectivity index (χ1n) is 7.01. The molecule has 1 amide bonds. The topological polar surface area (TPSA) is 55.8 Å². The Bertz CT molecular complexity index is 745. The number of rotatable bonds is 2. The molecule has 3 rings (SSSR count). The molecule has 1 atom stereocenters. The molecule has 5 nitrogen and oxygen atoms in total. The summed E-state index contributed by atoms with van der Waals surface area (Å²) in [5, 5.41) is 0. The van der Waals surface area contributed by atoms with Crippen molar-refractivity contribution in [3.63, 3.8) is 0 Å². The zero-order valence-corrected chi connectivity index (χ0v) is 12.4. The molecule has 6 heteroatoms. The van der Waals surface area contributed by atoms with E-state index in [0.29, 0.717) is 17.0 Å². The van der Waals surface area contributed by atoms with E-state index < -0.39 is 17.9 Å². The Labute approximate surface area is 132 Å². The molecule has 0 N–H and O–H groups in total. The summed E-state index contributed by atoms with van der Waals surface area (Å²) in [6.45, 7) is 0.0277. The Morgan fingerprint density at radius 2 is 1.87 bits per heavy atom. The van der Waals surface area contributed by atoms with Crippen LogP contribution in [0.5, 0.6) is 5.75 Å². The summed E-state index contributed by atoms with van der Waals surface area (Å²) in [6, 6.07) is 12.2. The van der Waals surface area contributed by atoms with E-state index in [1.54, 1.807) is 24.3 Å². The van der Waals surface area contributed by atoms with Crippen LogP contribution in [0.4, 0.5) is 10.1 Å². The molecule has 1 aliphatic heterocycles. The third-order valence-corrected chi connectivity index (χ3v) is 3.57. The summed E-state index contributed by atoms with van der Waals surface area (Å²) in [7, 11) is 1.26. The van der Waals surface area contributed by atoms with Gasteiger partial charge in [-0.3, -0.25) is 4.79 Å². The van der Waals surface area contributed by atoms with Crippen LogP contribution in [-0.2, 0) is 9.53 Å². The minimum atomic E-state index is -0.903. The second-order valence-electron chi connectivity index (χ2n) is 5.02. The van der Waals surface area contributed by atoms with Gasteiger partial charge in [0.1, 0.15) is 11.6 Å². The summed E-state index contributed by atoms with van der Waals surface area (Å²) in [5.74, 6) is -0.896. The lowest BCUT2D eigenvalue weighted by Gasteiger charge is -2.33. The van der Waals surface area contributed by atoms with E-state index in [1.165, 1.54) is 36.3 Å². The van der Waals surface area contributed by atoms with Crippen molar-refractivity contribution in [1.82, 2.24) is 0 Å². The Hall–Kier alpha value is -2.89. The fraction of sp³-hybridized carbons (Fsp3) is 0.176. The number of halogens is 1. The average Bonchev–Trinajstić information content (AvgIpc) is 2.60. The number of carbonyl (C=O) groups excluding carboxylic acids is 2. The number of amides is 1. The zero-order chi connectivity index (χ0) is 16.4. The van der Waals surface area contributed by atoms with Crippen LogP contribution in [0, 0.1) is 5.82 Å². The van der Waals surface area contributed by atoms with Crippen molar-refractivity contribution in [3.05, 3.63) is 59.9 Å². The van der Waals surface area contributed by atoms with Crippen LogP contribution < -0.4 is 9.64 Å². The molecular formula is C17H14FNO4. The van der Waals surface area contributed by atoms with Gasteiger partial charge in [-0.15, -0.1) is 0 Å². The second kappa shape index (κ2) is 6.08. The van der Waals surface area contributed by atoms with Crippen molar-refractivity contribution >= 4 is 17.6 Å². The Balaban J connectivity index is 1.97. The smallest absolute Gasteiger partial charge is 0.348 e. The number of para-hydroxylation sites is 2. The van der Waals surface area contributed by atoms with Crippen LogP contribution in [0.15, 0.2) is 48.5 Å². The number of methoxy groups -OCH3 is 1. The summed E-state index contributed by atoms with van der Waals surface area (Å²) < 4.78 is 23.3. The quantitative estimate of drug-likeness (QED) is 0.799. The fourth-order valence-electron chi connectivity index (χ4n) is 2.43. The first-order valence-corrected chi connectivity index (χ1v) is 7.01. The monoisotopic (exact) mass is 315 g/mol. The molecule has 1 aliphatic rings. The minimum absolute atomic E-state index is 0.0277. The van der Waals surface area contributed by atoms with Crippen LogP contribution in [0.2, 0.25) is 0 Å². The maximum Gasteiger partial charge on any atom is 0.348 e. The number of hydrogen-bond acceptors (Lipinski definition) is 4. The van der Waals surface area contributed by atoms with Gasteiger partial charge in [-0.05, 0) is 36.4 Å². The van der Waals surface area contributed by atoms with Gasteiger partial charge < -0.3 is 14.4 Å². The predicted molar refractivity (Wildman–Crippen MR) is 81.0 cm³/mol. The number of anilines is 1. The predicted octanol–water partition coefficient (Wildman–Crippen LogP) is 2.41. The maximum atomic E-state index is 13.0. The van der Waals surface area contributed by atoms with Gasteiger partial charge in [0.25, 0.3) is 5.91 Å². The van der Waals surface area contributed by atoms with Crippen LogP contribution in [0.3, 0.4) is 0 Å². The minimum Gasteiger partial charge on any atom is -0.475 e. The van der Waals surface area contributed by atoms with E-state index in [0.717, 1.165) is 0 Å². The third-order valence-electron chi connectivity index (χ3n) is 3.57. The second-order valence-corrected chi connectivity index (χ2v) is 5.02. The maximum absolute atomic E-state index is 13.0. The molecule has 2 aromatic rings. The van der Waals surface area contributed by atoms with Gasteiger partial charge in [0.2, 0.25) is 6.10 Å². The lowest BCUT2D eigenvalue weighted by molar-refractivity contribution is -0.148. The van der Waals surface area contributed by atoms with E-state index in [-0.39, 0.29) is 12.5 Å². The molecule has 0 bridgehead atoms. The first kappa shape index (κ1) is 15.0. The summed E-state index contributed by atoms with van der Waals surface area (Å²) >= 11 is 0. The van der Waals surface area contributed by atoms with Crippen LogP contribution in [-0.4, -0.2) is 31.6 Å². The van der Waals surface area contributed by atoms with Gasteiger partial charge in [0.05, 0.1) is 19.3 Å². The number of carbonyl (C=O) groups is 2. The molecule has 0 saturated carbocycles. The SMILES string of the molecule is COC(=O)C1CN(C(=O)c2ccc(F)cc2)c2ccccc2O1. The number of ether oxygens (including phenoxy) is 2. The van der Waals surface area contributed by atoms with E-state index in [2.05, 4.69) is 0 Å². The molecule has 0 radical (unpaired) electrons. The molecule has 0 saturated heterocycles. The van der Waals surface area contributed by atoms with Gasteiger partial charge >= 0.3 is 5.97 Å². The fourth-order valence-corrected chi connectivity index (χ4v) is 2.43. The summed E-state index contributed by atoms with van der Waals surface area (Å²) in [6.07, 6.45) is -0.903. The molecule has 0 aromatic heterocycles. The highest BCUT2D eigenvalue weighted by molar-refractivity contribution is 6.07. The van der Waals surface area contributed by atoms with Crippen molar-refractivity contribution in [2.45, 2.75) is 6.10 Å². The highest BCUT2D eigenvalue weighted by Crippen LogP contribution is 2.34. The molecule has 0 aliphatic carbocycles. The van der Waals surface area contributed by atoms with Crippen LogP contribution >= 0.6 is 0 Å². The highest BCUT2D eigenvalue weighted by atomic mass is 19.1. The summed E-state index contributed by atoms with van der Waals surface area (Å²) in [5.41, 5.74) is 0.883. The Morgan fingerprint density at radius 3 is 2.57 bits per heavy atom. The Kier molecular flexibility index (Phi) is 3.97. The van der Waals surface area contributed by atoms with Crippen molar-refractivity contribution in [2.24, 2.45) is 0 Å². The number of esters is 1. The van der Waals surface area contributed by atoms with E-state index in [4.69, 9.17) is 9.47 Å². The number of nitrogens with zero attached hydrogens (tertiary/aromatic N) is 1. The largest absolute Gasteiger partial charge is 0.475 e. The first-order chi connectivity index (χ1) is 11.1. The van der Waals surface area contributed by atoms with Crippen molar-refractivity contribution in [1.29, 1.82) is 0 Å². The van der Waals surface area contributed by atoms with Crippen molar-refractivity contribution < 1.29 is 23.5 Å². The normalized spacial score (nSPS) is 16.3. The van der Waals surface area contributed by atoms with Gasteiger partial charge in [-0.1, -0.05) is 12.1 Å². The molecule has 2 aromatic carbocycles. The number of fused-ring (bicyclic) bond motifs is 1. The molecule has 23 heavy (non-hydrogen) atoms. The number of benzene rings is 2. The van der Waals surface area contributed by atoms with Crippen molar-refractivity contribution in [3.8, 4) is 5.75 Å². The molecular weight excluding hydrogens is 301 g/mol. The average molecular weight is 315 g/mol. The highest BCUT2D eigenvalue weighted by Gasteiger charge is 2.34. The van der Waals surface area contributed by atoms with Crippen LogP contribution in [0.25, 0.3) is 0 Å². The van der Waals surface area contributed by atoms with Gasteiger partial charge in [0, 0.05) is 5.56 Å². The zero-order valence-electron chi connectivity index (χ0n) is 12.4. The van der Waals surface area contributed by atoms with E-state index in [1.807, 2.05) is 0 Å². The molecule has 0 spiro atoms. The molecule has 1 heterocycles. The standard InChI is InChI=1S/C17H14FNO4/c1-22-17(21)15-10-19(13-4-2-3-5-14(13)23-15)16(20)11-6-8-12(18)9-7-11/h2-9,15H,10H2,1H3. The van der Waals surface area contributed by atoms with Crippen molar-refractivity contribution in [2.75, 3.05) is 18.6 Å². The van der Waals surface area contributed by atoms with E-state index >= 15 is 0 Å². The summed E-state index contributed by atoms with van der Waals surface area (Å²) in [4.78, 5) is 26.0. The van der Waals surface area contributed by atoms with E-state index in [9.17, 15) is 14.0 Å². The molecule has 1 unspecified atom stereocenters.